The molecule has 8 rings (SSSR count). The minimum Gasteiger partial charge on any atom is -0.508 e. The average molecular weight is 1830 g/mol. The number of hydrogen-bond acceptors (Lipinski definition) is 19. The third-order valence-electron chi connectivity index (χ3n) is 23.7. The maximum Gasteiger partial charge on any atom is 0.303 e. The zero-order valence-corrected chi connectivity index (χ0v) is 75.9. The molecule has 38 nitrogen and oxygen atoms in total. The lowest BCUT2D eigenvalue weighted by Crippen LogP contribution is -2.65. The minimum absolute atomic E-state index is 0.00970. The van der Waals surface area contributed by atoms with Crippen molar-refractivity contribution in [1.82, 2.24) is 84.4 Å². The van der Waals surface area contributed by atoms with Gasteiger partial charge in [0.2, 0.25) is 94.5 Å². The number of aromatic amines is 2. The Labute approximate surface area is 765 Å². The molecule has 714 valence electrons. The van der Waals surface area contributed by atoms with Gasteiger partial charge in [-0.05, 0) is 157 Å². The number of carboxylic acids is 1. The van der Waals surface area contributed by atoms with Gasteiger partial charge in [-0.1, -0.05) is 143 Å². The minimum atomic E-state index is -2.05. The topological polar surface area (TPSA) is 603 Å². The number of carbonyl (C=O) groups is 17. The number of phenolic OH excluding ortho intramolecular Hbond substituents is 1. The Morgan fingerprint density at radius 3 is 1.62 bits per heavy atom. The van der Waals surface area contributed by atoms with Crippen LogP contribution in [0.5, 0.6) is 5.75 Å². The molecule has 16 amide bonds. The second-order valence-corrected chi connectivity index (χ2v) is 35.2. The molecule has 1 aliphatic carbocycles. The van der Waals surface area contributed by atoms with Crippen LogP contribution in [0.25, 0.3) is 21.8 Å². The lowest BCUT2D eigenvalue weighted by molar-refractivity contribution is -0.140. The Morgan fingerprint density at radius 2 is 1.02 bits per heavy atom. The van der Waals surface area contributed by atoms with Crippen molar-refractivity contribution in [2.45, 2.75) is 280 Å². The number of aliphatic hydroxyl groups is 1. The Balaban J connectivity index is 1.18. The van der Waals surface area contributed by atoms with Gasteiger partial charge in [0, 0.05) is 79.6 Å². The van der Waals surface area contributed by atoms with E-state index in [1.807, 2.05) is 44.2 Å². The van der Waals surface area contributed by atoms with Gasteiger partial charge in [-0.3, -0.25) is 81.5 Å². The van der Waals surface area contributed by atoms with Crippen LogP contribution < -0.4 is 85.9 Å². The van der Waals surface area contributed by atoms with E-state index < -0.39 is 216 Å². The highest BCUT2D eigenvalue weighted by Gasteiger charge is 2.44. The second kappa shape index (κ2) is 50.0. The first kappa shape index (κ1) is 104. The number of nitrogens with two attached hydrogens (primary N) is 2. The fraction of sp³-hybridized carbons (Fsp3) is 0.500. The van der Waals surface area contributed by atoms with Crippen molar-refractivity contribution in [2.75, 3.05) is 6.61 Å². The zero-order valence-electron chi connectivity index (χ0n) is 75.9. The summed E-state index contributed by atoms with van der Waals surface area (Å²) in [5.74, 6) is -16.4. The predicted molar refractivity (Wildman–Crippen MR) is 489 cm³/mol. The van der Waals surface area contributed by atoms with E-state index in [4.69, 9.17) is 11.5 Å². The van der Waals surface area contributed by atoms with E-state index >= 15 is 33.6 Å². The molecular formula is C94H128N18O20. The smallest absolute Gasteiger partial charge is 0.303 e. The van der Waals surface area contributed by atoms with E-state index in [0.717, 1.165) is 17.3 Å². The Hall–Kier alpha value is -13.6. The van der Waals surface area contributed by atoms with Gasteiger partial charge < -0.3 is 111 Å². The Morgan fingerprint density at radius 1 is 0.492 bits per heavy atom. The van der Waals surface area contributed by atoms with Crippen molar-refractivity contribution in [3.8, 4) is 5.75 Å². The number of aromatic hydroxyl groups is 1. The molecule has 4 aromatic carbocycles. The van der Waals surface area contributed by atoms with Gasteiger partial charge in [-0.15, -0.1) is 0 Å². The first-order valence-electron chi connectivity index (χ1n) is 45.0. The summed E-state index contributed by atoms with van der Waals surface area (Å²) in [7, 11) is 0. The van der Waals surface area contributed by atoms with E-state index in [9.17, 15) is 63.3 Å². The van der Waals surface area contributed by atoms with Crippen LogP contribution in [0.3, 0.4) is 0 Å². The van der Waals surface area contributed by atoms with Crippen LogP contribution in [-0.4, -0.2) is 216 Å². The molecule has 14 atom stereocenters. The number of aliphatic hydroxyl groups excluding tert-OH is 1. The molecule has 132 heavy (non-hydrogen) atoms. The fourth-order valence-electron chi connectivity index (χ4n) is 15.7. The van der Waals surface area contributed by atoms with Gasteiger partial charge in [0.05, 0.1) is 6.61 Å². The molecule has 0 spiro atoms. The van der Waals surface area contributed by atoms with E-state index in [1.165, 1.54) is 65.8 Å². The number of phenols is 1. The van der Waals surface area contributed by atoms with Gasteiger partial charge >= 0.3 is 5.97 Å². The third kappa shape index (κ3) is 31.9. The number of aromatic nitrogens is 2. The number of H-pyrrole nitrogens is 2. The number of hydrogen-bond donors (Lipinski definition) is 21. The first-order valence-corrected chi connectivity index (χ1v) is 45.0. The van der Waals surface area contributed by atoms with Crippen molar-refractivity contribution < 1.29 is 96.8 Å². The van der Waals surface area contributed by atoms with Crippen molar-refractivity contribution in [1.29, 1.82) is 0 Å². The normalized spacial score (nSPS) is 22.1. The molecule has 0 radical (unpaired) electrons. The van der Waals surface area contributed by atoms with Crippen LogP contribution in [0.2, 0.25) is 0 Å². The Bertz CT molecular complexity index is 5090. The molecule has 1 saturated carbocycles. The predicted octanol–water partition coefficient (Wildman–Crippen LogP) is 2.20. The fourth-order valence-corrected chi connectivity index (χ4v) is 15.7. The maximum absolute atomic E-state index is 15.7. The lowest BCUT2D eigenvalue weighted by Gasteiger charge is -2.35. The number of benzene rings is 4. The van der Waals surface area contributed by atoms with Crippen LogP contribution in [0.4, 0.5) is 0 Å². The van der Waals surface area contributed by atoms with Crippen LogP contribution in [0.1, 0.15) is 193 Å². The quantitative estimate of drug-likeness (QED) is 0.0263. The van der Waals surface area contributed by atoms with Gasteiger partial charge in [-0.2, -0.15) is 0 Å². The van der Waals surface area contributed by atoms with Crippen molar-refractivity contribution in [3.05, 3.63) is 150 Å². The molecule has 38 heteroatoms. The summed E-state index contributed by atoms with van der Waals surface area (Å²) in [4.78, 5) is 249. The van der Waals surface area contributed by atoms with E-state index in [-0.39, 0.29) is 81.8 Å². The number of carbonyl (C=O) groups excluding carboxylic acids is 16. The Kier molecular flexibility index (Phi) is 39.3. The molecule has 2 aromatic heterocycles. The largest absolute Gasteiger partial charge is 0.508 e. The molecule has 0 saturated heterocycles. The summed E-state index contributed by atoms with van der Waals surface area (Å²) in [5, 5.41) is 70.0. The molecular weight excluding hydrogens is 1700 g/mol. The molecule has 1 fully saturated rings. The summed E-state index contributed by atoms with van der Waals surface area (Å²) in [6.45, 7) is 10.6. The highest BCUT2D eigenvalue weighted by Crippen LogP contribution is 2.32. The van der Waals surface area contributed by atoms with Crippen LogP contribution in [0, 0.1) is 11.8 Å². The number of fused-ring (bicyclic) bond motifs is 2. The molecule has 0 unspecified atom stereocenters. The maximum atomic E-state index is 15.7. The highest BCUT2D eigenvalue weighted by atomic mass is 16.4. The summed E-state index contributed by atoms with van der Waals surface area (Å²) in [5.41, 5.74) is 10.2. The summed E-state index contributed by atoms with van der Waals surface area (Å²) in [6, 6.07) is 10.3. The summed E-state index contributed by atoms with van der Waals surface area (Å²) < 4.78 is 0. The summed E-state index contributed by atoms with van der Waals surface area (Å²) in [6.07, 6.45) is 8.23. The number of rotatable bonds is 33. The van der Waals surface area contributed by atoms with E-state index in [2.05, 4.69) is 84.4 Å². The van der Waals surface area contributed by atoms with Crippen LogP contribution >= 0.6 is 0 Å². The van der Waals surface area contributed by atoms with Gasteiger partial charge in [0.1, 0.15) is 89.3 Å². The van der Waals surface area contributed by atoms with E-state index in [0.29, 0.717) is 78.1 Å². The number of allylic oxidation sites excluding steroid dienone is 2. The molecule has 2 aliphatic rings. The second-order valence-electron chi connectivity index (χ2n) is 35.2. The van der Waals surface area contributed by atoms with Crippen molar-refractivity contribution in [3.63, 3.8) is 0 Å². The SMILES string of the molecule is CC(=O)N[C@@H](CC(C)C)C(=O)N[C@@H](Cc1c[nH]c2ccccc12)C(=O)N[C@@H](Cc1ccccc1)C(=O)N[C@]1(C)CCCCCC/C=C/CCC[C@@](C)(C(=O)N[C@@H](CO)C(=O)N[C@@H](C)C(=O)N[C@@H](C)C(N)=O)NC(=O)[C@H](CC2CCC2)NC(=O)[C@H](CCC(N)=O)NC(=O)[C@H](C)NC(=O)[C@H](Cc2c[nH]c3ccccc23)NC(=O)[C@H](Cc2ccc(O)cc2)NC(=O)[C@H](CCC(=O)O)NC1=O. The first-order chi connectivity index (χ1) is 62.7. The standard InChI is InChI=1S/C94H128N18O20/c1-53(2)44-70(102-57(6)114)85(125)108-75(49-62-51-98-67-33-22-20-31-65(62)67)87(127)106-73(45-58-26-17-16-18-27-58)90(130)111-93(7)42-23-14-12-10-9-11-13-15-24-43-94(8,92(132)110-76(52-113)88(128)101-55(4)80(120)99-54(3)79(96)119)112-89(129)72(46-59-28-25-29-59)105-82(122)68(38-40-77(95)116)103-81(121)56(5)100-84(124)74(48-61-50-97-66-32-21-19-30-64(61)66)107-86(126)71(47-60-34-36-63(115)37-35-60)104-83(123)69(109-91(93)131)39-41-78(117)118/h11,13,16-22,26-27,30-37,50-51,53-56,59,68-76,97-98,113,115H,9-10,12,14-15,23-25,28-29,38-49,52H2,1-8H3,(H2,95,116)(H2,96,119)(H,99,120)(H,100,124)(H,101,128)(H,102,114)(H,103,121)(H,104,123)(H,105,122)(H,106,127)(H,107,126)(H,108,125)(H,109,131)(H,110,132)(H,111,130)(H,112,129)(H,117,118)/b13-11+/t54-,55-,56-,68-,69-,70-,71-,72-,73-,74-,75-,76-,93+,94-/m0/s1. The highest BCUT2D eigenvalue weighted by molar-refractivity contribution is 6.02. The van der Waals surface area contributed by atoms with Gasteiger partial charge in [-0.25, -0.2) is 0 Å². The third-order valence-corrected chi connectivity index (χ3v) is 23.7. The molecule has 1 aliphatic heterocycles. The lowest BCUT2D eigenvalue weighted by atomic mass is 9.80. The van der Waals surface area contributed by atoms with E-state index in [1.54, 1.807) is 73.1 Å². The number of nitrogens with one attached hydrogen (secondary N) is 16. The van der Waals surface area contributed by atoms with Crippen LogP contribution in [0.15, 0.2) is 128 Å². The molecule has 3 heterocycles. The number of amides is 16. The summed E-state index contributed by atoms with van der Waals surface area (Å²) >= 11 is 0. The number of carboxylic acid groups (broad SMARTS) is 1. The van der Waals surface area contributed by atoms with Crippen molar-refractivity contribution >= 4 is 122 Å². The van der Waals surface area contributed by atoms with Gasteiger partial charge in [0.25, 0.3) is 0 Å². The molecule has 0 bridgehead atoms. The van der Waals surface area contributed by atoms with Gasteiger partial charge in [0.15, 0.2) is 0 Å². The monoisotopic (exact) mass is 1830 g/mol. The number of primary amides is 2. The van der Waals surface area contributed by atoms with Crippen molar-refractivity contribution in [2.24, 2.45) is 23.3 Å². The number of aliphatic carboxylic acids is 1. The molecule has 23 N–H and O–H groups in total. The molecule has 6 aromatic rings. The average Bonchev–Trinajstić information content (AvgIpc) is 1.45. The van der Waals surface area contributed by atoms with Crippen LogP contribution in [-0.2, 0) is 107 Å². The zero-order chi connectivity index (χ0) is 96.5. The number of para-hydroxylation sites is 2.